The van der Waals surface area contributed by atoms with Crippen LogP contribution in [0.5, 0.6) is 0 Å². The van der Waals surface area contributed by atoms with Crippen molar-refractivity contribution in [2.75, 3.05) is 19.7 Å². The van der Waals surface area contributed by atoms with Gasteiger partial charge in [0.2, 0.25) is 0 Å². The van der Waals surface area contributed by atoms with Crippen LogP contribution in [0.2, 0.25) is 0 Å². The van der Waals surface area contributed by atoms with Gasteiger partial charge in [-0.05, 0) is 12.1 Å². The predicted molar refractivity (Wildman–Crippen MR) is 90.5 cm³/mol. The molecule has 25 heavy (non-hydrogen) atoms. The molecule has 3 heterocycles. The minimum absolute atomic E-state index is 0.144. The molecule has 1 aromatic carbocycles. The largest absolute Gasteiger partial charge is 0.368 e. The Morgan fingerprint density at radius 2 is 2.24 bits per heavy atom. The number of para-hydroxylation sites is 1. The van der Waals surface area contributed by atoms with Crippen molar-refractivity contribution < 1.29 is 9.13 Å². The summed E-state index contributed by atoms with van der Waals surface area (Å²) in [5, 5.41) is 7.23. The Labute approximate surface area is 144 Å². The van der Waals surface area contributed by atoms with Gasteiger partial charge in [0.25, 0.3) is 0 Å². The summed E-state index contributed by atoms with van der Waals surface area (Å²) in [5.41, 5.74) is 1.11. The zero-order chi connectivity index (χ0) is 17.4. The lowest BCUT2D eigenvalue weighted by Gasteiger charge is -2.31. The Balaban J connectivity index is 1.47. The minimum atomic E-state index is -0.303. The molecule has 0 bridgehead atoms. The molecule has 8 heteroatoms. The molecule has 1 aliphatic heterocycles. The van der Waals surface area contributed by atoms with Crippen molar-refractivity contribution in [1.29, 1.82) is 0 Å². The summed E-state index contributed by atoms with van der Waals surface area (Å²) in [6, 6.07) is 4.94. The molecule has 1 atom stereocenters. The van der Waals surface area contributed by atoms with Crippen molar-refractivity contribution in [1.82, 2.24) is 30.0 Å². The first-order chi connectivity index (χ1) is 12.1. The zero-order valence-electron chi connectivity index (χ0n) is 14.3. The minimum Gasteiger partial charge on any atom is -0.368 e. The molecule has 4 rings (SSSR count). The molecule has 0 unspecified atom stereocenters. The van der Waals surface area contributed by atoms with E-state index >= 15 is 0 Å². The van der Waals surface area contributed by atoms with E-state index in [1.165, 1.54) is 6.07 Å². The molecule has 0 saturated carbocycles. The van der Waals surface area contributed by atoms with E-state index in [1.54, 1.807) is 6.07 Å². The lowest BCUT2D eigenvalue weighted by atomic mass is 10.2. The molecule has 1 aliphatic rings. The Morgan fingerprint density at radius 3 is 3.00 bits per heavy atom. The molecule has 2 aromatic heterocycles. The van der Waals surface area contributed by atoms with E-state index in [-0.39, 0.29) is 17.8 Å². The van der Waals surface area contributed by atoms with Crippen LogP contribution in [0.4, 0.5) is 4.39 Å². The predicted octanol–water partition coefficient (Wildman–Crippen LogP) is 2.52. The molecule has 7 nitrogen and oxygen atoms in total. The number of hydrogen-bond acceptors (Lipinski definition) is 5. The second-order valence-electron chi connectivity index (χ2n) is 6.65. The third-order valence-electron chi connectivity index (χ3n) is 4.38. The molecule has 2 N–H and O–H groups in total. The Kier molecular flexibility index (Phi) is 4.22. The Morgan fingerprint density at radius 1 is 1.36 bits per heavy atom. The first-order valence-corrected chi connectivity index (χ1v) is 8.49. The third-order valence-corrected chi connectivity index (χ3v) is 4.38. The fourth-order valence-corrected chi connectivity index (χ4v) is 3.04. The van der Waals surface area contributed by atoms with E-state index in [9.17, 15) is 4.39 Å². The second kappa shape index (κ2) is 6.53. The summed E-state index contributed by atoms with van der Waals surface area (Å²) in [6.45, 7) is 6.81. The van der Waals surface area contributed by atoms with Gasteiger partial charge in [-0.2, -0.15) is 5.10 Å². The van der Waals surface area contributed by atoms with E-state index < -0.39 is 0 Å². The van der Waals surface area contributed by atoms with Crippen LogP contribution < -0.4 is 0 Å². The quantitative estimate of drug-likeness (QED) is 0.760. The number of nitrogens with one attached hydrogen (secondary N) is 2. The highest BCUT2D eigenvalue weighted by molar-refractivity contribution is 5.75. The molecule has 0 aliphatic carbocycles. The van der Waals surface area contributed by atoms with Crippen LogP contribution in [0.1, 0.15) is 43.3 Å². The van der Waals surface area contributed by atoms with Gasteiger partial charge in [-0.25, -0.2) is 14.4 Å². The van der Waals surface area contributed by atoms with Crippen molar-refractivity contribution in [2.45, 2.75) is 32.4 Å². The van der Waals surface area contributed by atoms with Gasteiger partial charge in [0.1, 0.15) is 17.4 Å². The van der Waals surface area contributed by atoms with Crippen molar-refractivity contribution in [3.05, 3.63) is 41.5 Å². The third kappa shape index (κ3) is 3.27. The van der Waals surface area contributed by atoms with Crippen molar-refractivity contribution in [3.63, 3.8) is 0 Å². The number of aromatic nitrogens is 5. The number of halogens is 1. The fraction of sp³-hybridized carbons (Fsp3) is 0.471. The SMILES string of the molecule is CC(C)c1n[nH]c([C@H]2CN(Cc3nc4c(F)cccc4[nH]3)CCO2)n1. The van der Waals surface area contributed by atoms with Crippen molar-refractivity contribution in [2.24, 2.45) is 0 Å². The summed E-state index contributed by atoms with van der Waals surface area (Å²) in [4.78, 5) is 14.3. The van der Waals surface area contributed by atoms with Crippen LogP contribution in [-0.2, 0) is 11.3 Å². The van der Waals surface area contributed by atoms with Crippen LogP contribution in [0.3, 0.4) is 0 Å². The highest BCUT2D eigenvalue weighted by Crippen LogP contribution is 2.22. The smallest absolute Gasteiger partial charge is 0.155 e. The lowest BCUT2D eigenvalue weighted by Crippen LogP contribution is -2.38. The molecule has 3 aromatic rings. The first-order valence-electron chi connectivity index (χ1n) is 8.49. The van der Waals surface area contributed by atoms with E-state index in [0.717, 1.165) is 29.5 Å². The van der Waals surface area contributed by atoms with E-state index in [1.807, 2.05) is 6.07 Å². The first kappa shape index (κ1) is 16.2. The maximum Gasteiger partial charge on any atom is 0.155 e. The molecule has 1 saturated heterocycles. The Bertz CT molecular complexity index is 873. The van der Waals surface area contributed by atoms with Crippen LogP contribution >= 0.6 is 0 Å². The number of ether oxygens (including phenoxy) is 1. The summed E-state index contributed by atoms with van der Waals surface area (Å²) < 4.78 is 19.6. The van der Waals surface area contributed by atoms with Gasteiger partial charge < -0.3 is 9.72 Å². The number of hydrogen-bond donors (Lipinski definition) is 2. The van der Waals surface area contributed by atoms with Gasteiger partial charge in [-0.3, -0.25) is 10.00 Å². The molecule has 1 fully saturated rings. The summed E-state index contributed by atoms with van der Waals surface area (Å²) >= 11 is 0. The highest BCUT2D eigenvalue weighted by Gasteiger charge is 2.26. The number of H-pyrrole nitrogens is 2. The number of fused-ring (bicyclic) bond motifs is 1. The van der Waals surface area contributed by atoms with Gasteiger partial charge >= 0.3 is 0 Å². The number of benzene rings is 1. The fourth-order valence-electron chi connectivity index (χ4n) is 3.04. The number of morpholine rings is 1. The molecule has 0 radical (unpaired) electrons. The zero-order valence-corrected chi connectivity index (χ0v) is 14.3. The van der Waals surface area contributed by atoms with Crippen LogP contribution in [0, 0.1) is 5.82 Å². The molecular formula is C17H21FN6O. The number of imidazole rings is 1. The highest BCUT2D eigenvalue weighted by atomic mass is 19.1. The number of rotatable bonds is 4. The second-order valence-corrected chi connectivity index (χ2v) is 6.65. The normalized spacial score (nSPS) is 19.1. The summed E-state index contributed by atoms with van der Waals surface area (Å²) in [7, 11) is 0. The molecule has 0 spiro atoms. The van der Waals surface area contributed by atoms with Gasteiger partial charge in [0.15, 0.2) is 17.5 Å². The van der Waals surface area contributed by atoms with Crippen LogP contribution in [0.25, 0.3) is 11.0 Å². The van der Waals surface area contributed by atoms with E-state index in [2.05, 4.69) is 43.9 Å². The van der Waals surface area contributed by atoms with E-state index in [4.69, 9.17) is 4.74 Å². The van der Waals surface area contributed by atoms with Gasteiger partial charge in [-0.15, -0.1) is 0 Å². The molecular weight excluding hydrogens is 323 g/mol. The topological polar surface area (TPSA) is 82.7 Å². The molecule has 132 valence electrons. The van der Waals surface area contributed by atoms with Gasteiger partial charge in [0, 0.05) is 19.0 Å². The number of nitrogens with zero attached hydrogens (tertiary/aromatic N) is 4. The van der Waals surface area contributed by atoms with Gasteiger partial charge in [0.05, 0.1) is 18.7 Å². The number of aromatic amines is 2. The monoisotopic (exact) mass is 344 g/mol. The van der Waals surface area contributed by atoms with Crippen LogP contribution in [-0.4, -0.2) is 49.7 Å². The summed E-state index contributed by atoms with van der Waals surface area (Å²) in [6.07, 6.45) is -0.144. The summed E-state index contributed by atoms with van der Waals surface area (Å²) in [5.74, 6) is 2.27. The van der Waals surface area contributed by atoms with Gasteiger partial charge in [-0.1, -0.05) is 19.9 Å². The molecule has 0 amide bonds. The average molecular weight is 344 g/mol. The van der Waals surface area contributed by atoms with Crippen molar-refractivity contribution in [3.8, 4) is 0 Å². The van der Waals surface area contributed by atoms with Crippen molar-refractivity contribution >= 4 is 11.0 Å². The lowest BCUT2D eigenvalue weighted by molar-refractivity contribution is -0.0377. The maximum absolute atomic E-state index is 13.8. The van der Waals surface area contributed by atoms with Crippen LogP contribution in [0.15, 0.2) is 18.2 Å². The Hall–Kier alpha value is -2.32. The van der Waals surface area contributed by atoms with E-state index in [0.29, 0.717) is 25.2 Å². The standard InChI is InChI=1S/C17H21FN6O/c1-10(2)16-21-17(23-22-16)13-8-24(6-7-25-13)9-14-19-12-5-3-4-11(18)15(12)20-14/h3-5,10,13H,6-9H2,1-2H3,(H,19,20)(H,21,22,23)/t13-/m1/s1. The average Bonchev–Trinajstić information content (AvgIpc) is 3.22. The maximum atomic E-state index is 13.8.